The van der Waals surface area contributed by atoms with Crippen molar-refractivity contribution in [3.63, 3.8) is 0 Å². The second-order valence-corrected chi connectivity index (χ2v) is 14.4. The molecule has 0 saturated carbocycles. The van der Waals surface area contributed by atoms with E-state index in [9.17, 15) is 44.7 Å². The quantitative estimate of drug-likeness (QED) is 0.177. The first kappa shape index (κ1) is 45.7. The Kier molecular flexibility index (Phi) is 15.4. The molecule has 4 aliphatic rings. The van der Waals surface area contributed by atoms with E-state index in [-0.39, 0.29) is 68.9 Å². The van der Waals surface area contributed by atoms with Gasteiger partial charge in [0.15, 0.2) is 0 Å². The van der Waals surface area contributed by atoms with Crippen molar-refractivity contribution in [2.24, 2.45) is 23.7 Å². The van der Waals surface area contributed by atoms with Crippen molar-refractivity contribution < 1.29 is 98.0 Å². The third kappa shape index (κ3) is 9.47. The number of methoxy groups -OCH3 is 1. The number of aliphatic hydroxyl groups excluding tert-OH is 3. The van der Waals surface area contributed by atoms with Crippen LogP contribution in [0.15, 0.2) is 42.2 Å². The Balaban J connectivity index is 0.00000812. The van der Waals surface area contributed by atoms with Crippen LogP contribution < -0.4 is 44.7 Å². The molecule has 1 amide bonds. The topological polar surface area (TPSA) is 230 Å². The maximum Gasteiger partial charge on any atom is 1.00 e. The number of carboxylic acids is 1. The predicted molar refractivity (Wildman–Crippen MR) is 190 cm³/mol. The summed E-state index contributed by atoms with van der Waals surface area (Å²) in [6, 6.07) is -1.26. The van der Waals surface area contributed by atoms with Gasteiger partial charge in [-0.3, -0.25) is 14.4 Å². The van der Waals surface area contributed by atoms with Gasteiger partial charge < -0.3 is 59.3 Å². The maximum absolute atomic E-state index is 14.2. The summed E-state index contributed by atoms with van der Waals surface area (Å²) in [7, 11) is 1.41. The summed E-state index contributed by atoms with van der Waals surface area (Å²) >= 11 is 0. The zero-order valence-electron chi connectivity index (χ0n) is 32.8. The molecule has 55 heavy (non-hydrogen) atoms. The zero-order chi connectivity index (χ0) is 40.4. The number of phenols is 1. The number of hydrogen-bond acceptors (Lipinski definition) is 14. The van der Waals surface area contributed by atoms with E-state index < -0.39 is 102 Å². The molecule has 1 aliphatic carbocycles. The van der Waals surface area contributed by atoms with Gasteiger partial charge in [-0.25, -0.2) is 0 Å². The van der Waals surface area contributed by atoms with E-state index >= 15 is 0 Å². The van der Waals surface area contributed by atoms with Crippen LogP contribution in [-0.4, -0.2) is 94.0 Å². The van der Waals surface area contributed by atoms with Crippen LogP contribution in [0.5, 0.6) is 11.5 Å². The Labute approximate surface area is 342 Å². The number of carboxylic acid groups (broad SMARTS) is 1. The van der Waals surface area contributed by atoms with Crippen LogP contribution in [0, 0.1) is 30.6 Å². The number of ketones is 1. The number of phenolic OH excluding ortho intramolecular Hbond substituents is 1. The van der Waals surface area contributed by atoms with Crippen molar-refractivity contribution in [2.45, 2.75) is 97.7 Å². The summed E-state index contributed by atoms with van der Waals surface area (Å²) in [5, 5.41) is 59.7. The van der Waals surface area contributed by atoms with Crippen LogP contribution in [0.4, 0.5) is 0 Å². The fourth-order valence-electron chi connectivity index (χ4n) is 7.16. The predicted octanol–water partition coefficient (Wildman–Crippen LogP) is -1.11. The molecule has 5 N–H and O–H groups in total. The molecular weight excluding hydrogens is 729 g/mol. The number of Topliss-reactive ketones (excluding diaryl/α,β-unsaturated/α-hetero) is 1. The van der Waals surface area contributed by atoms with Crippen LogP contribution in [0.3, 0.4) is 0 Å². The summed E-state index contributed by atoms with van der Waals surface area (Å²) in [4.78, 5) is 51.3. The third-order valence-electron chi connectivity index (χ3n) is 10.5. The van der Waals surface area contributed by atoms with Gasteiger partial charge in [-0.15, -0.1) is 0 Å². The average molecular weight is 780 g/mol. The number of nitrogens with one attached hydrogen (secondary N) is 1. The van der Waals surface area contributed by atoms with Crippen molar-refractivity contribution in [1.29, 1.82) is 0 Å². The number of carbonyl (C=O) groups is 4. The normalized spacial score (nSPS) is 34.7. The van der Waals surface area contributed by atoms with Crippen LogP contribution in [0.1, 0.15) is 81.6 Å². The molecule has 0 saturated heterocycles. The van der Waals surface area contributed by atoms with E-state index in [0.29, 0.717) is 0 Å². The average Bonchev–Trinajstić information content (AvgIpc) is 3.38. The fraction of sp³-hybridized carbons (Fsp3) is 0.538. The van der Waals surface area contributed by atoms with Gasteiger partial charge in [-0.1, -0.05) is 45.9 Å². The molecule has 5 rings (SSSR count). The molecule has 1 aromatic rings. The first-order valence-corrected chi connectivity index (χ1v) is 17.7. The van der Waals surface area contributed by atoms with E-state index in [1.807, 2.05) is 0 Å². The maximum atomic E-state index is 14.2. The Morgan fingerprint density at radius 1 is 1.00 bits per heavy atom. The number of aliphatic hydroxyl groups is 3. The Hall–Kier alpha value is -3.70. The van der Waals surface area contributed by atoms with Gasteiger partial charge in [-0.2, -0.15) is 0 Å². The van der Waals surface area contributed by atoms with Crippen LogP contribution in [-0.2, 0) is 33.3 Å². The molecule has 0 radical (unpaired) electrons. The van der Waals surface area contributed by atoms with Crippen molar-refractivity contribution >= 4 is 29.4 Å². The molecule has 0 aromatic heterocycles. The molecule has 0 spiro atoms. The molecule has 15 nitrogen and oxygen atoms in total. The Morgan fingerprint density at radius 2 is 1.65 bits per heavy atom. The van der Waals surface area contributed by atoms with Gasteiger partial charge in [-0.05, 0) is 26.0 Å². The summed E-state index contributed by atoms with van der Waals surface area (Å²) in [6.07, 6.45) is 2.99. The van der Waals surface area contributed by atoms with Gasteiger partial charge in [0.2, 0.25) is 5.91 Å². The number of hydrogen-bond donors (Lipinski definition) is 5. The first-order chi connectivity index (χ1) is 25.2. The van der Waals surface area contributed by atoms with Crippen molar-refractivity contribution in [2.75, 3.05) is 13.7 Å². The number of aromatic hydroxyl groups is 1. The molecule has 16 heteroatoms. The molecule has 0 fully saturated rings. The van der Waals surface area contributed by atoms with Gasteiger partial charge in [0.1, 0.15) is 36.1 Å². The number of rotatable bonds is 5. The number of benzene rings is 1. The largest absolute Gasteiger partial charge is 1.00 e. The van der Waals surface area contributed by atoms with Crippen molar-refractivity contribution in [3.05, 3.63) is 64.5 Å². The first-order valence-electron chi connectivity index (χ1n) is 17.7. The van der Waals surface area contributed by atoms with Crippen LogP contribution in [0.2, 0.25) is 0 Å². The van der Waals surface area contributed by atoms with Crippen molar-refractivity contribution in [3.8, 4) is 11.5 Å². The van der Waals surface area contributed by atoms with Crippen molar-refractivity contribution in [1.82, 2.24) is 5.32 Å². The zero-order valence-corrected chi connectivity index (χ0v) is 34.8. The molecule has 1 aromatic carbocycles. The number of carbonyl (C=O) groups excluding carboxylic acids is 4. The standard InChI is InChI=1S/C39H51NO14.Na/c1-17-11-10-12-18(2)38(49)40-24-15-26(51-16-27(42)43)28-29(34(24)47)33(46)22(6)36-30(28)37(48)39(8,54-36)52-14-13-25(50-9)19(3)35(53-23(7)41)21(5)32(45)20(4)31(17)44;/h10-15,17,19-21,24-25,31-32,34-35,44-47H,16H2,1-9H3,(H,40,49)(H,42,43);/q;+1/p-1/b11-10-,14-13-,18-12-;. The molecule has 3 aliphatic heterocycles. The minimum atomic E-state index is -2.05. The second kappa shape index (κ2) is 18.5. The number of aliphatic carboxylic acids is 1. The third-order valence-corrected chi connectivity index (χ3v) is 10.5. The van der Waals surface area contributed by atoms with E-state index in [4.69, 9.17) is 23.7 Å². The smallest absolute Gasteiger partial charge is 0.546 e. The van der Waals surface area contributed by atoms with Gasteiger partial charge in [0.05, 0.1) is 42.1 Å². The monoisotopic (exact) mass is 779 g/mol. The van der Waals surface area contributed by atoms with E-state index in [1.54, 1.807) is 39.8 Å². The Morgan fingerprint density at radius 3 is 2.25 bits per heavy atom. The molecule has 3 heterocycles. The molecule has 11 atom stereocenters. The number of esters is 1. The number of ether oxygens (including phenoxy) is 5. The van der Waals surface area contributed by atoms with Gasteiger partial charge in [0.25, 0.3) is 5.78 Å². The molecule has 296 valence electrons. The van der Waals surface area contributed by atoms with E-state index in [0.717, 1.165) is 0 Å². The molecule has 11 unspecified atom stereocenters. The minimum absolute atomic E-state index is 0. The summed E-state index contributed by atoms with van der Waals surface area (Å²) in [6.45, 7) is 11.4. The van der Waals surface area contributed by atoms with E-state index in [2.05, 4.69) is 5.32 Å². The fourth-order valence-corrected chi connectivity index (χ4v) is 7.16. The molecular formula is C39H50NNaO14. The summed E-state index contributed by atoms with van der Waals surface area (Å²) < 4.78 is 28.9. The number of amides is 1. The van der Waals surface area contributed by atoms with Gasteiger partial charge >= 0.3 is 41.3 Å². The van der Waals surface area contributed by atoms with E-state index in [1.165, 1.54) is 59.3 Å². The SMILES string of the molecule is COC1/C=C\OC2(C)Oc3c(C)c(O)c4c(c3C2=O)C(OCC(=O)[O-])=CC(NC(=O)/C(C)=C\C=C/C(C)C(O)C(C)C(O)C(C)C(OC(C)=O)C1C)C4O.[Na+]. The minimum Gasteiger partial charge on any atom is -0.546 e. The Bertz CT molecular complexity index is 1770. The molecule has 5 bridgehead atoms. The van der Waals surface area contributed by atoms with Crippen LogP contribution in [0.25, 0.3) is 5.76 Å². The van der Waals surface area contributed by atoms with Gasteiger partial charge in [0, 0.05) is 66.9 Å². The second-order valence-electron chi connectivity index (χ2n) is 14.4. The summed E-state index contributed by atoms with van der Waals surface area (Å²) in [5.74, 6) is -9.01. The van der Waals surface area contributed by atoms with Crippen LogP contribution >= 0.6 is 0 Å². The number of allylic oxidation sites excluding steroid dienone is 2. The number of fused-ring (bicyclic) bond motifs is 13. The summed E-state index contributed by atoms with van der Waals surface area (Å²) in [5.41, 5.74) is -0.299.